The van der Waals surface area contributed by atoms with Crippen LogP contribution in [0.3, 0.4) is 0 Å². The van der Waals surface area contributed by atoms with E-state index in [1.54, 1.807) is 6.07 Å². The first kappa shape index (κ1) is 15.4. The molecule has 4 rings (SSSR count). The molecule has 2 bridgehead atoms. The molecular formula is C21H23NO2. The molecule has 0 aromatic heterocycles. The molecule has 2 heterocycles. The van der Waals surface area contributed by atoms with E-state index in [2.05, 4.69) is 41.3 Å². The number of carboxylic acid groups (broad SMARTS) is 1. The molecule has 3 heteroatoms. The van der Waals surface area contributed by atoms with Gasteiger partial charge in [0.25, 0.3) is 0 Å². The van der Waals surface area contributed by atoms with Gasteiger partial charge in [-0.05, 0) is 54.9 Å². The number of carbonyl (C=O) groups is 1. The fourth-order valence-corrected chi connectivity index (χ4v) is 4.54. The van der Waals surface area contributed by atoms with Gasteiger partial charge in [0.1, 0.15) is 0 Å². The van der Waals surface area contributed by atoms with Crippen molar-refractivity contribution in [3.8, 4) is 0 Å². The van der Waals surface area contributed by atoms with Gasteiger partial charge in [-0.25, -0.2) is 4.79 Å². The maximum atomic E-state index is 11.2. The lowest BCUT2D eigenvalue weighted by Crippen LogP contribution is -2.41. The lowest BCUT2D eigenvalue weighted by atomic mass is 9.85. The molecule has 124 valence electrons. The van der Waals surface area contributed by atoms with Crippen LogP contribution in [0.1, 0.15) is 53.1 Å². The zero-order chi connectivity index (χ0) is 16.5. The number of benzene rings is 2. The van der Waals surface area contributed by atoms with Gasteiger partial charge in [-0.2, -0.15) is 0 Å². The number of rotatable bonds is 4. The van der Waals surface area contributed by atoms with Crippen LogP contribution in [0.15, 0.2) is 54.6 Å². The molecule has 1 unspecified atom stereocenters. The third-order valence-corrected chi connectivity index (χ3v) is 5.69. The number of piperidine rings is 1. The van der Waals surface area contributed by atoms with E-state index in [0.717, 1.165) is 12.1 Å². The molecule has 2 aromatic rings. The molecule has 1 N–H and O–H groups in total. The highest BCUT2D eigenvalue weighted by molar-refractivity contribution is 5.87. The Kier molecular flexibility index (Phi) is 4.11. The quantitative estimate of drug-likeness (QED) is 0.913. The Hall–Kier alpha value is -2.13. The lowest BCUT2D eigenvalue weighted by Gasteiger charge is -2.39. The molecule has 3 nitrogen and oxygen atoms in total. The van der Waals surface area contributed by atoms with E-state index in [9.17, 15) is 9.90 Å². The van der Waals surface area contributed by atoms with E-state index in [4.69, 9.17) is 0 Å². The molecule has 2 aliphatic heterocycles. The molecule has 0 amide bonds. The zero-order valence-corrected chi connectivity index (χ0v) is 13.8. The minimum absolute atomic E-state index is 0.388. The Bertz CT molecular complexity index is 714. The van der Waals surface area contributed by atoms with Gasteiger partial charge >= 0.3 is 5.97 Å². The van der Waals surface area contributed by atoms with Gasteiger partial charge in [-0.1, -0.05) is 42.5 Å². The van der Waals surface area contributed by atoms with Crippen LogP contribution in [-0.2, 0) is 6.54 Å². The number of hydrogen-bond donors (Lipinski definition) is 1. The highest BCUT2D eigenvalue weighted by Gasteiger charge is 2.40. The van der Waals surface area contributed by atoms with Gasteiger partial charge in [-0.3, -0.25) is 4.90 Å². The Balaban J connectivity index is 1.49. The molecule has 0 radical (unpaired) electrons. The summed E-state index contributed by atoms with van der Waals surface area (Å²) in [6, 6.07) is 19.5. The first-order valence-electron chi connectivity index (χ1n) is 8.83. The molecule has 0 saturated carbocycles. The SMILES string of the molecule is O=C(O)c1cccc(CN2[C@@H]3CC[C@H]2CC(c2ccccc2)C3)c1. The summed E-state index contributed by atoms with van der Waals surface area (Å²) in [5.74, 6) is -0.173. The average Bonchev–Trinajstić information content (AvgIpc) is 2.83. The van der Waals surface area contributed by atoms with E-state index in [0.29, 0.717) is 23.6 Å². The molecule has 2 aliphatic rings. The van der Waals surface area contributed by atoms with Crippen molar-refractivity contribution in [3.63, 3.8) is 0 Å². The fraction of sp³-hybridized carbons (Fsp3) is 0.381. The summed E-state index contributed by atoms with van der Waals surface area (Å²) in [6.45, 7) is 0.873. The summed E-state index contributed by atoms with van der Waals surface area (Å²) < 4.78 is 0. The second kappa shape index (κ2) is 6.40. The monoisotopic (exact) mass is 321 g/mol. The Morgan fingerprint density at radius 3 is 2.38 bits per heavy atom. The number of nitrogens with zero attached hydrogens (tertiary/aromatic N) is 1. The van der Waals surface area contributed by atoms with Crippen molar-refractivity contribution in [2.24, 2.45) is 0 Å². The Morgan fingerprint density at radius 1 is 1.00 bits per heavy atom. The van der Waals surface area contributed by atoms with E-state index in [1.807, 2.05) is 12.1 Å². The summed E-state index contributed by atoms with van der Waals surface area (Å²) >= 11 is 0. The van der Waals surface area contributed by atoms with Gasteiger partial charge in [0.05, 0.1) is 5.56 Å². The summed E-state index contributed by atoms with van der Waals surface area (Å²) in [5.41, 5.74) is 2.98. The Morgan fingerprint density at radius 2 is 1.71 bits per heavy atom. The van der Waals surface area contributed by atoms with Crippen LogP contribution in [0.25, 0.3) is 0 Å². The van der Waals surface area contributed by atoms with Crippen molar-refractivity contribution in [3.05, 3.63) is 71.3 Å². The average molecular weight is 321 g/mol. The molecule has 0 aliphatic carbocycles. The van der Waals surface area contributed by atoms with Crippen molar-refractivity contribution in [1.82, 2.24) is 4.90 Å². The number of hydrogen-bond acceptors (Lipinski definition) is 2. The number of aromatic carboxylic acids is 1. The fourth-order valence-electron chi connectivity index (χ4n) is 4.54. The van der Waals surface area contributed by atoms with Crippen molar-refractivity contribution in [2.75, 3.05) is 0 Å². The van der Waals surface area contributed by atoms with Crippen LogP contribution in [0.4, 0.5) is 0 Å². The topological polar surface area (TPSA) is 40.5 Å². The standard InChI is InChI=1S/C21H23NO2/c23-21(24)17-8-4-5-15(11-17)14-22-19-9-10-20(22)13-18(12-19)16-6-2-1-3-7-16/h1-8,11,18-20H,9-10,12-14H2,(H,23,24)/t18?,19-,20+. The summed E-state index contributed by atoms with van der Waals surface area (Å²) in [4.78, 5) is 13.8. The lowest BCUT2D eigenvalue weighted by molar-refractivity contribution is 0.0696. The summed E-state index contributed by atoms with van der Waals surface area (Å²) in [7, 11) is 0. The first-order chi connectivity index (χ1) is 11.7. The highest BCUT2D eigenvalue weighted by atomic mass is 16.4. The highest BCUT2D eigenvalue weighted by Crippen LogP contribution is 2.43. The van der Waals surface area contributed by atoms with Crippen molar-refractivity contribution in [1.29, 1.82) is 0 Å². The van der Waals surface area contributed by atoms with E-state index in [-0.39, 0.29) is 0 Å². The van der Waals surface area contributed by atoms with Gasteiger partial charge < -0.3 is 5.11 Å². The van der Waals surface area contributed by atoms with Crippen LogP contribution in [-0.4, -0.2) is 28.1 Å². The van der Waals surface area contributed by atoms with Gasteiger partial charge in [0.15, 0.2) is 0 Å². The predicted molar refractivity (Wildman–Crippen MR) is 94.2 cm³/mol. The molecule has 2 fully saturated rings. The minimum Gasteiger partial charge on any atom is -0.478 e. The van der Waals surface area contributed by atoms with Gasteiger partial charge in [0.2, 0.25) is 0 Å². The zero-order valence-electron chi connectivity index (χ0n) is 13.8. The minimum atomic E-state index is -0.845. The van der Waals surface area contributed by atoms with Crippen LogP contribution in [0.5, 0.6) is 0 Å². The van der Waals surface area contributed by atoms with Crippen LogP contribution in [0, 0.1) is 0 Å². The van der Waals surface area contributed by atoms with Gasteiger partial charge in [-0.15, -0.1) is 0 Å². The number of carboxylic acids is 1. The summed E-state index contributed by atoms with van der Waals surface area (Å²) in [6.07, 6.45) is 4.98. The van der Waals surface area contributed by atoms with E-state index < -0.39 is 5.97 Å². The van der Waals surface area contributed by atoms with Crippen LogP contribution < -0.4 is 0 Å². The van der Waals surface area contributed by atoms with Crippen LogP contribution in [0.2, 0.25) is 0 Å². The van der Waals surface area contributed by atoms with Crippen molar-refractivity contribution >= 4 is 5.97 Å². The second-order valence-corrected chi connectivity index (χ2v) is 7.14. The predicted octanol–water partition coefficient (Wildman–Crippen LogP) is 4.30. The number of fused-ring (bicyclic) bond motifs is 2. The smallest absolute Gasteiger partial charge is 0.335 e. The van der Waals surface area contributed by atoms with Crippen molar-refractivity contribution < 1.29 is 9.90 Å². The molecule has 3 atom stereocenters. The molecule has 2 saturated heterocycles. The third kappa shape index (κ3) is 2.96. The second-order valence-electron chi connectivity index (χ2n) is 7.14. The van der Waals surface area contributed by atoms with Gasteiger partial charge in [0, 0.05) is 18.6 Å². The molecule has 0 spiro atoms. The van der Waals surface area contributed by atoms with Crippen molar-refractivity contribution in [2.45, 2.75) is 50.2 Å². The molecular weight excluding hydrogens is 298 g/mol. The van der Waals surface area contributed by atoms with E-state index in [1.165, 1.54) is 31.2 Å². The first-order valence-corrected chi connectivity index (χ1v) is 8.83. The molecule has 24 heavy (non-hydrogen) atoms. The van der Waals surface area contributed by atoms with E-state index >= 15 is 0 Å². The third-order valence-electron chi connectivity index (χ3n) is 5.69. The summed E-state index contributed by atoms with van der Waals surface area (Å²) in [5, 5.41) is 9.18. The maximum absolute atomic E-state index is 11.2. The molecule has 2 aromatic carbocycles. The maximum Gasteiger partial charge on any atom is 0.335 e. The van der Waals surface area contributed by atoms with Crippen LogP contribution >= 0.6 is 0 Å². The largest absolute Gasteiger partial charge is 0.478 e. The Labute approximate surface area is 142 Å². The normalized spacial score (nSPS) is 26.4.